The van der Waals surface area contributed by atoms with Crippen molar-refractivity contribution in [2.75, 3.05) is 32.8 Å². The highest BCUT2D eigenvalue weighted by atomic mass is 35.5. The van der Waals surface area contributed by atoms with Crippen molar-refractivity contribution in [1.29, 1.82) is 0 Å². The van der Waals surface area contributed by atoms with E-state index in [1.54, 1.807) is 23.1 Å². The van der Waals surface area contributed by atoms with Gasteiger partial charge in [0.05, 0.1) is 19.8 Å². The Balaban J connectivity index is 1.79. The van der Waals surface area contributed by atoms with Crippen LogP contribution in [-0.4, -0.2) is 66.7 Å². The number of halogens is 2. The number of rotatable bonds is 2. The van der Waals surface area contributed by atoms with E-state index < -0.39 is 12.2 Å². The van der Waals surface area contributed by atoms with Gasteiger partial charge in [0.25, 0.3) is 5.91 Å². The van der Waals surface area contributed by atoms with E-state index in [4.69, 9.17) is 16.3 Å². The summed E-state index contributed by atoms with van der Waals surface area (Å²) in [5, 5.41) is 0.433. The zero-order chi connectivity index (χ0) is 16.4. The molecule has 0 bridgehead atoms. The molecule has 0 radical (unpaired) electrons. The summed E-state index contributed by atoms with van der Waals surface area (Å²) in [4.78, 5) is 28.3. The van der Waals surface area contributed by atoms with E-state index in [2.05, 4.69) is 0 Å². The van der Waals surface area contributed by atoms with Crippen molar-refractivity contribution in [2.24, 2.45) is 0 Å². The molecule has 0 aromatic heterocycles. The summed E-state index contributed by atoms with van der Waals surface area (Å²) in [5.41, 5.74) is 0.367. The van der Waals surface area contributed by atoms with Crippen molar-refractivity contribution in [2.45, 2.75) is 18.6 Å². The van der Waals surface area contributed by atoms with Gasteiger partial charge >= 0.3 is 0 Å². The van der Waals surface area contributed by atoms with Crippen molar-refractivity contribution >= 4 is 23.4 Å². The molecule has 2 amide bonds. The molecule has 2 aliphatic rings. The monoisotopic (exact) mass is 340 g/mol. The number of amides is 2. The average Bonchev–Trinajstić information content (AvgIpc) is 2.96. The molecule has 0 unspecified atom stereocenters. The number of carbonyl (C=O) groups excluding carboxylic acids is 2. The molecule has 0 aliphatic carbocycles. The van der Waals surface area contributed by atoms with Gasteiger partial charge in [-0.25, -0.2) is 4.39 Å². The number of carbonyl (C=O) groups is 2. The SMILES string of the molecule is O=C([C@@H]1C[C@H](F)CN1C(=O)c1cccc(Cl)c1)N1CCOCC1. The highest BCUT2D eigenvalue weighted by Gasteiger charge is 2.42. The van der Waals surface area contributed by atoms with Crippen molar-refractivity contribution in [3.63, 3.8) is 0 Å². The number of hydrogen-bond acceptors (Lipinski definition) is 3. The van der Waals surface area contributed by atoms with E-state index in [1.807, 2.05) is 0 Å². The van der Waals surface area contributed by atoms with Gasteiger partial charge in [-0.3, -0.25) is 9.59 Å². The zero-order valence-electron chi connectivity index (χ0n) is 12.6. The van der Waals surface area contributed by atoms with Gasteiger partial charge in [-0.2, -0.15) is 0 Å². The number of ether oxygens (including phenoxy) is 1. The standard InChI is InChI=1S/C16H18ClFN2O3/c17-12-3-1-2-11(8-12)15(21)20-10-13(18)9-14(20)16(22)19-4-6-23-7-5-19/h1-3,8,13-14H,4-7,9-10H2/t13-,14-/m0/s1. The molecule has 5 nitrogen and oxygen atoms in total. The Bertz CT molecular complexity index is 607. The van der Waals surface area contributed by atoms with E-state index in [0.29, 0.717) is 36.9 Å². The molecule has 23 heavy (non-hydrogen) atoms. The first-order valence-corrected chi connectivity index (χ1v) is 8.01. The second-order valence-corrected chi connectivity index (χ2v) is 6.19. The Hall–Kier alpha value is -1.66. The number of morpholine rings is 1. The van der Waals surface area contributed by atoms with E-state index in [-0.39, 0.29) is 24.8 Å². The third-order valence-electron chi connectivity index (χ3n) is 4.19. The van der Waals surface area contributed by atoms with E-state index in [1.165, 1.54) is 11.0 Å². The number of likely N-dealkylation sites (tertiary alicyclic amines) is 1. The van der Waals surface area contributed by atoms with Gasteiger partial charge in [-0.05, 0) is 18.2 Å². The van der Waals surface area contributed by atoms with Crippen LogP contribution in [0.3, 0.4) is 0 Å². The number of nitrogens with zero attached hydrogens (tertiary/aromatic N) is 2. The second-order valence-electron chi connectivity index (χ2n) is 5.75. The maximum Gasteiger partial charge on any atom is 0.254 e. The molecular weight excluding hydrogens is 323 g/mol. The highest BCUT2D eigenvalue weighted by molar-refractivity contribution is 6.31. The third kappa shape index (κ3) is 3.48. The maximum absolute atomic E-state index is 13.9. The van der Waals surface area contributed by atoms with Crippen LogP contribution in [0.15, 0.2) is 24.3 Å². The summed E-state index contributed by atoms with van der Waals surface area (Å²) in [6.07, 6.45) is -1.14. The van der Waals surface area contributed by atoms with E-state index in [9.17, 15) is 14.0 Å². The molecule has 1 aromatic rings. The smallest absolute Gasteiger partial charge is 0.254 e. The fourth-order valence-corrected chi connectivity index (χ4v) is 3.22. The molecule has 7 heteroatoms. The van der Waals surface area contributed by atoms with Crippen LogP contribution in [0.25, 0.3) is 0 Å². The first kappa shape index (κ1) is 16.2. The predicted molar refractivity (Wildman–Crippen MR) is 83.2 cm³/mol. The summed E-state index contributed by atoms with van der Waals surface area (Å²) >= 11 is 5.91. The fourth-order valence-electron chi connectivity index (χ4n) is 3.03. The number of benzene rings is 1. The predicted octanol–water partition coefficient (Wildman–Crippen LogP) is 1.75. The average molecular weight is 341 g/mol. The summed E-state index contributed by atoms with van der Waals surface area (Å²) in [5.74, 6) is -0.567. The van der Waals surface area contributed by atoms with Crippen LogP contribution in [0, 0.1) is 0 Å². The van der Waals surface area contributed by atoms with Gasteiger partial charge in [-0.1, -0.05) is 17.7 Å². The van der Waals surface area contributed by atoms with Gasteiger partial charge in [0.1, 0.15) is 12.2 Å². The van der Waals surface area contributed by atoms with Crippen molar-refractivity contribution in [1.82, 2.24) is 9.80 Å². The first-order valence-electron chi connectivity index (χ1n) is 7.63. The maximum atomic E-state index is 13.9. The summed E-state index contributed by atoms with van der Waals surface area (Å²) < 4.78 is 19.1. The summed E-state index contributed by atoms with van der Waals surface area (Å²) in [6, 6.07) is 5.73. The molecule has 0 spiro atoms. The van der Waals surface area contributed by atoms with Gasteiger partial charge in [0, 0.05) is 30.1 Å². The molecule has 2 atom stereocenters. The van der Waals surface area contributed by atoms with E-state index >= 15 is 0 Å². The van der Waals surface area contributed by atoms with E-state index in [0.717, 1.165) is 0 Å². The lowest BCUT2D eigenvalue weighted by Gasteiger charge is -2.32. The Labute approximate surface area is 138 Å². The molecule has 2 aliphatic heterocycles. The third-order valence-corrected chi connectivity index (χ3v) is 4.43. The Morgan fingerprint density at radius 3 is 2.70 bits per heavy atom. The van der Waals surface area contributed by atoms with Crippen LogP contribution >= 0.6 is 11.6 Å². The number of alkyl halides is 1. The number of hydrogen-bond donors (Lipinski definition) is 0. The second kappa shape index (κ2) is 6.84. The molecule has 2 saturated heterocycles. The minimum absolute atomic E-state index is 0.0441. The quantitative estimate of drug-likeness (QED) is 0.824. The van der Waals surface area contributed by atoms with Gasteiger partial charge < -0.3 is 14.5 Å². The topological polar surface area (TPSA) is 49.9 Å². The highest BCUT2D eigenvalue weighted by Crippen LogP contribution is 2.25. The largest absolute Gasteiger partial charge is 0.378 e. The normalized spacial score (nSPS) is 24.8. The van der Waals surface area contributed by atoms with Crippen LogP contribution < -0.4 is 0 Å². The lowest BCUT2D eigenvalue weighted by Crippen LogP contribution is -2.51. The van der Waals surface area contributed by atoms with Crippen LogP contribution in [-0.2, 0) is 9.53 Å². The minimum Gasteiger partial charge on any atom is -0.378 e. The molecule has 0 N–H and O–H groups in total. The van der Waals surface area contributed by atoms with Gasteiger partial charge in [-0.15, -0.1) is 0 Å². The summed E-state index contributed by atoms with van der Waals surface area (Å²) in [6.45, 7) is 1.84. The van der Waals surface area contributed by atoms with Gasteiger partial charge in [0.15, 0.2) is 0 Å². The molecule has 2 fully saturated rings. The van der Waals surface area contributed by atoms with Crippen LogP contribution in [0.1, 0.15) is 16.8 Å². The van der Waals surface area contributed by atoms with Crippen molar-refractivity contribution < 1.29 is 18.7 Å². The first-order chi connectivity index (χ1) is 11.1. The van der Waals surface area contributed by atoms with Crippen molar-refractivity contribution in [3.8, 4) is 0 Å². The molecule has 2 heterocycles. The van der Waals surface area contributed by atoms with Crippen LogP contribution in [0.4, 0.5) is 4.39 Å². The molecule has 3 rings (SSSR count). The molecule has 0 saturated carbocycles. The van der Waals surface area contributed by atoms with Crippen LogP contribution in [0.2, 0.25) is 5.02 Å². The minimum atomic E-state index is -1.19. The molecule has 1 aromatic carbocycles. The lowest BCUT2D eigenvalue weighted by molar-refractivity contribution is -0.139. The van der Waals surface area contributed by atoms with Gasteiger partial charge in [0.2, 0.25) is 5.91 Å². The summed E-state index contributed by atoms with van der Waals surface area (Å²) in [7, 11) is 0. The van der Waals surface area contributed by atoms with Crippen LogP contribution in [0.5, 0.6) is 0 Å². The Morgan fingerprint density at radius 1 is 1.26 bits per heavy atom. The van der Waals surface area contributed by atoms with Crippen molar-refractivity contribution in [3.05, 3.63) is 34.9 Å². The zero-order valence-corrected chi connectivity index (χ0v) is 13.3. The fraction of sp³-hybridized carbons (Fsp3) is 0.500. The molecule has 124 valence electrons. The molecular formula is C16H18ClFN2O3. The Kier molecular flexibility index (Phi) is 4.82. The Morgan fingerprint density at radius 2 is 2.00 bits per heavy atom. The lowest BCUT2D eigenvalue weighted by atomic mass is 10.1.